The molecular weight excluding hydrogens is 330 g/mol. The lowest BCUT2D eigenvalue weighted by Gasteiger charge is -2.31. The van der Waals surface area contributed by atoms with E-state index in [9.17, 15) is 9.59 Å². The van der Waals surface area contributed by atoms with Crippen LogP contribution in [-0.4, -0.2) is 46.3 Å². The van der Waals surface area contributed by atoms with Crippen molar-refractivity contribution in [3.63, 3.8) is 0 Å². The first kappa shape index (κ1) is 18.2. The standard InChI is InChI=1S/C20H25N3O3/c1-3-26-20(25)17-10-7-11-22(14-17)19(24)18-12-21-23(15(18)2)13-16-8-5-4-6-9-16/h4-6,8-9,12,17H,3,7,10-11,13-14H2,1-2H3/t17-/m0/s1. The van der Waals surface area contributed by atoms with E-state index in [4.69, 9.17) is 4.74 Å². The number of esters is 1. The van der Waals surface area contributed by atoms with Gasteiger partial charge in [-0.25, -0.2) is 0 Å². The number of hydrogen-bond acceptors (Lipinski definition) is 4. The number of benzene rings is 1. The molecule has 26 heavy (non-hydrogen) atoms. The van der Waals surface area contributed by atoms with E-state index < -0.39 is 0 Å². The lowest BCUT2D eigenvalue weighted by Crippen LogP contribution is -2.43. The lowest BCUT2D eigenvalue weighted by molar-refractivity contribution is -0.149. The Bertz CT molecular complexity index is 770. The molecule has 1 aliphatic heterocycles. The summed E-state index contributed by atoms with van der Waals surface area (Å²) in [5, 5.41) is 4.39. The Morgan fingerprint density at radius 1 is 1.27 bits per heavy atom. The Hall–Kier alpha value is -2.63. The molecule has 0 saturated carbocycles. The van der Waals surface area contributed by atoms with Gasteiger partial charge in [0, 0.05) is 18.8 Å². The second-order valence-electron chi connectivity index (χ2n) is 6.63. The number of piperidine rings is 1. The first-order valence-electron chi connectivity index (χ1n) is 9.12. The van der Waals surface area contributed by atoms with Gasteiger partial charge in [0.05, 0.1) is 30.8 Å². The number of amides is 1. The minimum atomic E-state index is -0.229. The monoisotopic (exact) mass is 355 g/mol. The Balaban J connectivity index is 1.71. The van der Waals surface area contributed by atoms with Gasteiger partial charge < -0.3 is 9.64 Å². The third-order valence-corrected chi connectivity index (χ3v) is 4.84. The van der Waals surface area contributed by atoms with Gasteiger partial charge in [-0.2, -0.15) is 5.10 Å². The maximum Gasteiger partial charge on any atom is 0.310 e. The number of aromatic nitrogens is 2. The SMILES string of the molecule is CCOC(=O)[C@H]1CCCN(C(=O)c2cnn(Cc3ccccc3)c2C)C1. The highest BCUT2D eigenvalue weighted by atomic mass is 16.5. The largest absolute Gasteiger partial charge is 0.466 e. The van der Waals surface area contributed by atoms with E-state index in [1.165, 1.54) is 0 Å². The van der Waals surface area contributed by atoms with Crippen LogP contribution in [-0.2, 0) is 16.1 Å². The van der Waals surface area contributed by atoms with Crippen LogP contribution in [0.15, 0.2) is 36.5 Å². The van der Waals surface area contributed by atoms with Crippen molar-refractivity contribution in [3.05, 3.63) is 53.3 Å². The van der Waals surface area contributed by atoms with Crippen molar-refractivity contribution in [1.29, 1.82) is 0 Å². The van der Waals surface area contributed by atoms with Gasteiger partial charge in [0.1, 0.15) is 0 Å². The van der Waals surface area contributed by atoms with Crippen molar-refractivity contribution >= 4 is 11.9 Å². The van der Waals surface area contributed by atoms with Crippen molar-refractivity contribution in [2.24, 2.45) is 5.92 Å². The normalized spacial score (nSPS) is 17.2. The Labute approximate surface area is 153 Å². The molecule has 0 unspecified atom stereocenters. The first-order valence-corrected chi connectivity index (χ1v) is 9.12. The van der Waals surface area contributed by atoms with Crippen LogP contribution in [0.1, 0.15) is 41.4 Å². The molecule has 1 amide bonds. The van der Waals surface area contributed by atoms with E-state index >= 15 is 0 Å². The molecule has 0 bridgehead atoms. The zero-order valence-corrected chi connectivity index (χ0v) is 15.4. The van der Waals surface area contributed by atoms with Gasteiger partial charge in [-0.3, -0.25) is 14.3 Å². The molecule has 0 aliphatic carbocycles. The molecule has 2 aromatic rings. The van der Waals surface area contributed by atoms with Crippen molar-refractivity contribution in [3.8, 4) is 0 Å². The van der Waals surface area contributed by atoms with Gasteiger partial charge in [-0.15, -0.1) is 0 Å². The molecule has 6 nitrogen and oxygen atoms in total. The van der Waals surface area contributed by atoms with Crippen LogP contribution < -0.4 is 0 Å². The van der Waals surface area contributed by atoms with E-state index in [1.807, 2.05) is 41.9 Å². The maximum atomic E-state index is 12.9. The van der Waals surface area contributed by atoms with E-state index in [1.54, 1.807) is 18.0 Å². The molecule has 138 valence electrons. The molecule has 3 rings (SSSR count). The Morgan fingerprint density at radius 3 is 2.77 bits per heavy atom. The van der Waals surface area contributed by atoms with Crippen LogP contribution in [0.4, 0.5) is 0 Å². The Morgan fingerprint density at radius 2 is 2.04 bits per heavy atom. The van der Waals surface area contributed by atoms with Gasteiger partial charge in [0.2, 0.25) is 0 Å². The van der Waals surface area contributed by atoms with E-state index in [0.29, 0.717) is 31.8 Å². The topological polar surface area (TPSA) is 64.4 Å². The number of carbonyl (C=O) groups is 2. The molecule has 1 aromatic carbocycles. The molecule has 2 heterocycles. The zero-order valence-electron chi connectivity index (χ0n) is 15.4. The summed E-state index contributed by atoms with van der Waals surface area (Å²) in [5.41, 5.74) is 2.58. The minimum Gasteiger partial charge on any atom is -0.466 e. The fourth-order valence-electron chi connectivity index (χ4n) is 3.36. The summed E-state index contributed by atoms with van der Waals surface area (Å²) in [6, 6.07) is 10.0. The average molecular weight is 355 g/mol. The molecule has 0 N–H and O–H groups in total. The van der Waals surface area contributed by atoms with Gasteiger partial charge in [0.25, 0.3) is 5.91 Å². The zero-order chi connectivity index (χ0) is 18.5. The number of likely N-dealkylation sites (tertiary alicyclic amines) is 1. The van der Waals surface area contributed by atoms with Crippen LogP contribution in [0, 0.1) is 12.8 Å². The Kier molecular flexibility index (Phi) is 5.71. The second-order valence-corrected chi connectivity index (χ2v) is 6.63. The van der Waals surface area contributed by atoms with Crippen LogP contribution in [0.2, 0.25) is 0 Å². The third kappa shape index (κ3) is 3.95. The van der Waals surface area contributed by atoms with Crippen molar-refractivity contribution in [2.45, 2.75) is 33.2 Å². The number of rotatable bonds is 5. The molecule has 1 saturated heterocycles. The number of nitrogens with zero attached hydrogens (tertiary/aromatic N) is 3. The van der Waals surface area contributed by atoms with Gasteiger partial charge in [0.15, 0.2) is 0 Å². The molecule has 6 heteroatoms. The smallest absolute Gasteiger partial charge is 0.310 e. The van der Waals surface area contributed by atoms with Crippen LogP contribution in [0.5, 0.6) is 0 Å². The maximum absolute atomic E-state index is 12.9. The predicted octanol–water partition coefficient (Wildman–Crippen LogP) is 2.66. The van der Waals surface area contributed by atoms with Crippen LogP contribution in [0.25, 0.3) is 0 Å². The van der Waals surface area contributed by atoms with E-state index in [-0.39, 0.29) is 17.8 Å². The average Bonchev–Trinajstić information content (AvgIpc) is 3.03. The van der Waals surface area contributed by atoms with Crippen molar-refractivity contribution in [2.75, 3.05) is 19.7 Å². The van der Waals surface area contributed by atoms with E-state index in [0.717, 1.165) is 24.1 Å². The molecule has 0 spiro atoms. The summed E-state index contributed by atoms with van der Waals surface area (Å²) < 4.78 is 6.96. The van der Waals surface area contributed by atoms with Crippen molar-refractivity contribution < 1.29 is 14.3 Å². The molecule has 1 aliphatic rings. The first-order chi connectivity index (χ1) is 12.6. The highest BCUT2D eigenvalue weighted by molar-refractivity contribution is 5.95. The molecule has 0 radical (unpaired) electrons. The lowest BCUT2D eigenvalue weighted by atomic mass is 9.97. The summed E-state index contributed by atoms with van der Waals surface area (Å²) in [6.07, 6.45) is 3.22. The van der Waals surface area contributed by atoms with Gasteiger partial charge >= 0.3 is 5.97 Å². The van der Waals surface area contributed by atoms with Crippen molar-refractivity contribution in [1.82, 2.24) is 14.7 Å². The summed E-state index contributed by atoms with van der Waals surface area (Å²) in [7, 11) is 0. The quantitative estimate of drug-likeness (QED) is 0.774. The molecule has 1 atom stereocenters. The van der Waals surface area contributed by atoms with Crippen LogP contribution in [0.3, 0.4) is 0 Å². The fourth-order valence-corrected chi connectivity index (χ4v) is 3.36. The fraction of sp³-hybridized carbons (Fsp3) is 0.450. The highest BCUT2D eigenvalue weighted by Gasteiger charge is 2.31. The van der Waals surface area contributed by atoms with Crippen LogP contribution >= 0.6 is 0 Å². The number of carbonyl (C=O) groups excluding carboxylic acids is 2. The van der Waals surface area contributed by atoms with Gasteiger partial charge in [-0.1, -0.05) is 30.3 Å². The summed E-state index contributed by atoms with van der Waals surface area (Å²) in [4.78, 5) is 26.7. The highest BCUT2D eigenvalue weighted by Crippen LogP contribution is 2.21. The summed E-state index contributed by atoms with van der Waals surface area (Å²) >= 11 is 0. The molecular formula is C20H25N3O3. The van der Waals surface area contributed by atoms with Gasteiger partial charge in [-0.05, 0) is 32.3 Å². The minimum absolute atomic E-state index is 0.0594. The third-order valence-electron chi connectivity index (χ3n) is 4.84. The molecule has 1 aromatic heterocycles. The summed E-state index contributed by atoms with van der Waals surface area (Å²) in [5.74, 6) is -0.496. The number of hydrogen-bond donors (Lipinski definition) is 0. The second kappa shape index (κ2) is 8.17. The molecule has 1 fully saturated rings. The van der Waals surface area contributed by atoms with E-state index in [2.05, 4.69) is 5.10 Å². The number of ether oxygens (including phenoxy) is 1. The summed E-state index contributed by atoms with van der Waals surface area (Å²) in [6.45, 7) is 5.79. The predicted molar refractivity (Wildman–Crippen MR) is 97.8 cm³/mol.